The Morgan fingerprint density at radius 2 is 1.93 bits per heavy atom. The summed E-state index contributed by atoms with van der Waals surface area (Å²) in [5.74, 6) is 0.321. The van der Waals surface area contributed by atoms with Crippen molar-refractivity contribution >= 4 is 28.6 Å². The van der Waals surface area contributed by atoms with Crippen LogP contribution >= 0.6 is 22.7 Å². The molecule has 0 bridgehead atoms. The molecule has 0 aliphatic carbocycles. The van der Waals surface area contributed by atoms with Crippen LogP contribution in [0.5, 0.6) is 5.19 Å². The Morgan fingerprint density at radius 1 is 1.14 bits per heavy atom. The molecule has 0 radical (unpaired) electrons. The lowest BCUT2D eigenvalue weighted by Crippen LogP contribution is -2.50. The topological polar surface area (TPSA) is 45.7 Å². The van der Waals surface area contributed by atoms with Gasteiger partial charge in [-0.25, -0.2) is 4.98 Å². The summed E-state index contributed by atoms with van der Waals surface area (Å²) in [4.78, 5) is 22.8. The van der Waals surface area contributed by atoms with Crippen LogP contribution in [0.4, 0.5) is 0 Å². The molecular weight excluding hydrogens is 390 g/mol. The number of likely N-dealkylation sites (tertiary alicyclic amines) is 2. The highest BCUT2D eigenvalue weighted by Gasteiger charge is 2.30. The smallest absolute Gasteiger partial charge is 0.273 e. The summed E-state index contributed by atoms with van der Waals surface area (Å²) < 4.78 is 5.97. The van der Waals surface area contributed by atoms with Gasteiger partial charge < -0.3 is 9.64 Å². The largest absolute Gasteiger partial charge is 0.467 e. The Kier molecular flexibility index (Phi) is 6.65. The molecule has 0 N–H and O–H groups in total. The molecule has 4 rings (SSSR count). The molecule has 2 saturated heterocycles. The van der Waals surface area contributed by atoms with Crippen molar-refractivity contribution in [1.82, 2.24) is 14.8 Å². The van der Waals surface area contributed by atoms with E-state index in [-0.39, 0.29) is 0 Å². The van der Waals surface area contributed by atoms with Crippen LogP contribution in [0.25, 0.3) is 0 Å². The van der Waals surface area contributed by atoms with Crippen LogP contribution in [0.1, 0.15) is 42.5 Å². The number of rotatable bonds is 6. The maximum atomic E-state index is 12.6. The Bertz CT molecular complexity index is 746. The second-order valence-corrected chi connectivity index (χ2v) is 9.65. The molecule has 7 heteroatoms. The van der Waals surface area contributed by atoms with Crippen LogP contribution in [-0.2, 0) is 11.2 Å². The minimum atomic E-state index is 0.296. The zero-order valence-electron chi connectivity index (χ0n) is 16.5. The summed E-state index contributed by atoms with van der Waals surface area (Å²) in [6, 6.07) is 2.76. The van der Waals surface area contributed by atoms with Gasteiger partial charge in [0.05, 0.1) is 0 Å². The molecule has 2 fully saturated rings. The van der Waals surface area contributed by atoms with Gasteiger partial charge in [-0.3, -0.25) is 9.69 Å². The predicted molar refractivity (Wildman–Crippen MR) is 114 cm³/mol. The van der Waals surface area contributed by atoms with Gasteiger partial charge in [0.25, 0.3) is 5.19 Å². The van der Waals surface area contributed by atoms with Crippen LogP contribution in [0, 0.1) is 6.92 Å². The van der Waals surface area contributed by atoms with Gasteiger partial charge in [0.15, 0.2) is 0 Å². The van der Waals surface area contributed by atoms with Gasteiger partial charge in [0, 0.05) is 55.1 Å². The van der Waals surface area contributed by atoms with E-state index in [2.05, 4.69) is 33.2 Å². The van der Waals surface area contributed by atoms with Crippen molar-refractivity contribution < 1.29 is 9.53 Å². The van der Waals surface area contributed by atoms with Gasteiger partial charge in [-0.15, -0.1) is 11.3 Å². The second kappa shape index (κ2) is 9.37. The molecule has 0 unspecified atom stereocenters. The number of amides is 1. The van der Waals surface area contributed by atoms with Gasteiger partial charge >= 0.3 is 0 Å². The van der Waals surface area contributed by atoms with E-state index in [1.54, 1.807) is 28.9 Å². The summed E-state index contributed by atoms with van der Waals surface area (Å²) in [7, 11) is 0. The Labute approximate surface area is 175 Å². The highest BCUT2D eigenvalue weighted by atomic mass is 32.1. The zero-order chi connectivity index (χ0) is 19.3. The van der Waals surface area contributed by atoms with Gasteiger partial charge in [0.1, 0.15) is 6.10 Å². The van der Waals surface area contributed by atoms with Crippen molar-refractivity contribution in [2.75, 3.05) is 26.2 Å². The number of thiophene rings is 1. The van der Waals surface area contributed by atoms with Crippen molar-refractivity contribution in [1.29, 1.82) is 0 Å². The fourth-order valence-electron chi connectivity index (χ4n) is 4.29. The van der Waals surface area contributed by atoms with E-state index in [1.165, 1.54) is 10.4 Å². The maximum Gasteiger partial charge on any atom is 0.273 e. The van der Waals surface area contributed by atoms with Crippen molar-refractivity contribution in [2.45, 2.75) is 57.6 Å². The van der Waals surface area contributed by atoms with Crippen LogP contribution in [-0.4, -0.2) is 59.0 Å². The first-order chi connectivity index (χ1) is 13.7. The number of piperidine rings is 2. The van der Waals surface area contributed by atoms with Crippen molar-refractivity contribution in [3.63, 3.8) is 0 Å². The fraction of sp³-hybridized carbons (Fsp3) is 0.619. The fourth-order valence-corrected chi connectivity index (χ4v) is 5.75. The lowest BCUT2D eigenvalue weighted by molar-refractivity contribution is -0.132. The lowest BCUT2D eigenvalue weighted by atomic mass is 9.98. The Morgan fingerprint density at radius 3 is 2.57 bits per heavy atom. The van der Waals surface area contributed by atoms with Crippen LogP contribution in [0.15, 0.2) is 23.0 Å². The van der Waals surface area contributed by atoms with Crippen molar-refractivity contribution in [3.8, 4) is 5.19 Å². The van der Waals surface area contributed by atoms with Gasteiger partial charge in [-0.1, -0.05) is 11.3 Å². The number of carbonyl (C=O) groups excluding carboxylic acids is 1. The second-order valence-electron chi connectivity index (χ2n) is 7.79. The molecule has 2 aliphatic heterocycles. The number of ether oxygens (including phenoxy) is 1. The minimum Gasteiger partial charge on any atom is -0.467 e. The first-order valence-corrected chi connectivity index (χ1v) is 12.1. The summed E-state index contributed by atoms with van der Waals surface area (Å²) in [5.41, 5.74) is 1.32. The number of nitrogens with zero attached hydrogens (tertiary/aromatic N) is 3. The first-order valence-electron chi connectivity index (χ1n) is 10.3. The van der Waals surface area contributed by atoms with Crippen molar-refractivity contribution in [3.05, 3.63) is 33.5 Å². The van der Waals surface area contributed by atoms with E-state index in [0.29, 0.717) is 24.5 Å². The number of hydrogen-bond acceptors (Lipinski definition) is 6. The van der Waals surface area contributed by atoms with Gasteiger partial charge in [-0.2, -0.15) is 0 Å². The molecule has 28 heavy (non-hydrogen) atoms. The monoisotopic (exact) mass is 419 g/mol. The predicted octanol–water partition coefficient (Wildman–Crippen LogP) is 3.98. The van der Waals surface area contributed by atoms with E-state index < -0.39 is 0 Å². The minimum absolute atomic E-state index is 0.296. The summed E-state index contributed by atoms with van der Waals surface area (Å²) in [6.45, 7) is 6.12. The standard InChI is InChI=1S/C21H29N3O2S2/c1-16-8-14-27-19(16)2-3-20(25)24-10-4-17(5-11-24)23-12-6-18(7-13-23)26-21-22-9-15-28-21/h8-9,14-15,17-18H,2-7,10-13H2,1H3. The molecule has 0 aromatic carbocycles. The summed E-state index contributed by atoms with van der Waals surface area (Å²) in [6.07, 6.45) is 7.96. The molecule has 2 aromatic rings. The molecule has 0 spiro atoms. The molecule has 1 amide bonds. The Balaban J connectivity index is 1.17. The quantitative estimate of drug-likeness (QED) is 0.710. The molecule has 5 nitrogen and oxygen atoms in total. The first kappa shape index (κ1) is 19.9. The molecule has 0 atom stereocenters. The summed E-state index contributed by atoms with van der Waals surface area (Å²) in [5, 5.41) is 4.87. The van der Waals surface area contributed by atoms with E-state index in [0.717, 1.165) is 63.5 Å². The van der Waals surface area contributed by atoms with E-state index in [1.807, 2.05) is 5.38 Å². The third kappa shape index (κ3) is 4.93. The molecule has 2 aromatic heterocycles. The number of carbonyl (C=O) groups is 1. The van der Waals surface area contributed by atoms with Crippen LogP contribution in [0.2, 0.25) is 0 Å². The maximum absolute atomic E-state index is 12.6. The molecule has 152 valence electrons. The number of thiazole rings is 1. The zero-order valence-corrected chi connectivity index (χ0v) is 18.1. The molecular formula is C21H29N3O2S2. The van der Waals surface area contributed by atoms with Gasteiger partial charge in [0.2, 0.25) is 5.91 Å². The third-order valence-electron chi connectivity index (χ3n) is 6.02. The number of hydrogen-bond donors (Lipinski definition) is 0. The average Bonchev–Trinajstić information content (AvgIpc) is 3.38. The highest BCUT2D eigenvalue weighted by Crippen LogP contribution is 2.25. The normalized spacial score (nSPS) is 19.8. The van der Waals surface area contributed by atoms with E-state index in [9.17, 15) is 4.79 Å². The molecule has 0 saturated carbocycles. The van der Waals surface area contributed by atoms with E-state index in [4.69, 9.17) is 4.74 Å². The molecule has 4 heterocycles. The number of aryl methyl sites for hydroxylation is 2. The highest BCUT2D eigenvalue weighted by molar-refractivity contribution is 7.11. The molecule has 2 aliphatic rings. The van der Waals surface area contributed by atoms with Crippen LogP contribution < -0.4 is 4.74 Å². The SMILES string of the molecule is Cc1ccsc1CCC(=O)N1CCC(N2CCC(Oc3nccs3)CC2)CC1. The van der Waals surface area contributed by atoms with Crippen LogP contribution in [0.3, 0.4) is 0 Å². The van der Waals surface area contributed by atoms with Gasteiger partial charge in [-0.05, 0) is 56.0 Å². The Hall–Kier alpha value is -1.44. The lowest BCUT2D eigenvalue weighted by Gasteiger charge is -2.41. The average molecular weight is 420 g/mol. The van der Waals surface area contributed by atoms with Crippen molar-refractivity contribution in [2.24, 2.45) is 0 Å². The number of aromatic nitrogens is 1. The third-order valence-corrected chi connectivity index (χ3v) is 7.77. The summed E-state index contributed by atoms with van der Waals surface area (Å²) >= 11 is 3.34. The van der Waals surface area contributed by atoms with E-state index >= 15 is 0 Å².